The number of urea groups is 1. The number of carbonyl (C=O) groups is 2. The molecule has 0 bridgehead atoms. The maximum Gasteiger partial charge on any atom is 0.319 e. The number of thiophene rings is 2. The van der Waals surface area contributed by atoms with Crippen LogP contribution >= 0.6 is 22.7 Å². The fourth-order valence-corrected chi connectivity index (χ4v) is 4.90. The molecule has 32 heavy (non-hydrogen) atoms. The van der Waals surface area contributed by atoms with Crippen molar-refractivity contribution < 1.29 is 9.59 Å². The van der Waals surface area contributed by atoms with Crippen LogP contribution in [0.5, 0.6) is 0 Å². The fraction of sp³-hybridized carbons (Fsp3) is 0.318. The highest BCUT2D eigenvalue weighted by Crippen LogP contribution is 2.24. The summed E-state index contributed by atoms with van der Waals surface area (Å²) >= 11 is 2.95. The number of pyridine rings is 1. The van der Waals surface area contributed by atoms with Crippen molar-refractivity contribution in [3.63, 3.8) is 0 Å². The van der Waals surface area contributed by atoms with E-state index in [1.165, 1.54) is 35.5 Å². The quantitative estimate of drug-likeness (QED) is 0.390. The number of hydrogen-bond donors (Lipinski definition) is 4. The standard InChI is InChI=1S/C22H26N6O2S2/c23-17-13-32-14-20(17)26-21(29)19-4-3-15(11-24-19)18(5-9-28-7-1-2-8-28)27-22(30)25-16-6-10-31-12-16/h3-4,6,10-14,18H,1-2,5,7-9,23H2,(H,26,29)(H2,25,27,30). The molecule has 5 N–H and O–H groups in total. The Morgan fingerprint density at radius 1 is 1.09 bits per heavy atom. The lowest BCUT2D eigenvalue weighted by atomic mass is 10.0. The van der Waals surface area contributed by atoms with Crippen molar-refractivity contribution in [1.82, 2.24) is 15.2 Å². The van der Waals surface area contributed by atoms with Crippen LogP contribution in [-0.4, -0.2) is 41.5 Å². The topological polar surface area (TPSA) is 112 Å². The fourth-order valence-electron chi connectivity index (χ4n) is 3.64. The third kappa shape index (κ3) is 5.84. The first-order chi connectivity index (χ1) is 15.6. The number of nitrogens with two attached hydrogens (primary N) is 1. The number of anilines is 3. The Labute approximate surface area is 194 Å². The Balaban J connectivity index is 1.43. The van der Waals surface area contributed by atoms with E-state index >= 15 is 0 Å². The Bertz CT molecular complexity index is 1030. The molecular formula is C22H26N6O2S2. The van der Waals surface area contributed by atoms with Gasteiger partial charge < -0.3 is 26.6 Å². The van der Waals surface area contributed by atoms with Gasteiger partial charge in [0.15, 0.2) is 0 Å². The van der Waals surface area contributed by atoms with Crippen molar-refractivity contribution in [2.75, 3.05) is 36.0 Å². The third-order valence-corrected chi connectivity index (χ3v) is 6.82. The first kappa shape index (κ1) is 22.3. The van der Waals surface area contributed by atoms with E-state index in [4.69, 9.17) is 5.73 Å². The van der Waals surface area contributed by atoms with E-state index in [0.29, 0.717) is 17.1 Å². The van der Waals surface area contributed by atoms with Gasteiger partial charge in [0.05, 0.1) is 23.1 Å². The summed E-state index contributed by atoms with van der Waals surface area (Å²) < 4.78 is 0. The summed E-state index contributed by atoms with van der Waals surface area (Å²) in [5, 5.41) is 16.0. The second-order valence-electron chi connectivity index (χ2n) is 7.67. The second-order valence-corrected chi connectivity index (χ2v) is 9.20. The maximum atomic E-state index is 12.5. The summed E-state index contributed by atoms with van der Waals surface area (Å²) in [5.74, 6) is -0.321. The highest BCUT2D eigenvalue weighted by atomic mass is 32.1. The summed E-state index contributed by atoms with van der Waals surface area (Å²) in [6.45, 7) is 3.08. The van der Waals surface area contributed by atoms with Crippen LogP contribution in [0, 0.1) is 0 Å². The van der Waals surface area contributed by atoms with Crippen LogP contribution in [0.25, 0.3) is 0 Å². The van der Waals surface area contributed by atoms with Gasteiger partial charge in [0, 0.05) is 28.9 Å². The van der Waals surface area contributed by atoms with Gasteiger partial charge in [0.2, 0.25) is 0 Å². The Kier molecular flexibility index (Phi) is 7.35. The van der Waals surface area contributed by atoms with Gasteiger partial charge in [-0.05, 0) is 55.4 Å². The van der Waals surface area contributed by atoms with Gasteiger partial charge in [0.1, 0.15) is 5.69 Å². The Morgan fingerprint density at radius 2 is 1.94 bits per heavy atom. The minimum Gasteiger partial charge on any atom is -0.396 e. The van der Waals surface area contributed by atoms with Crippen LogP contribution in [0.1, 0.15) is 41.4 Å². The first-order valence-corrected chi connectivity index (χ1v) is 12.4. The minimum atomic E-state index is -0.321. The van der Waals surface area contributed by atoms with Crippen molar-refractivity contribution in [2.24, 2.45) is 0 Å². The van der Waals surface area contributed by atoms with Crippen LogP contribution in [0.2, 0.25) is 0 Å². The molecule has 1 unspecified atom stereocenters. The van der Waals surface area contributed by atoms with Gasteiger partial charge in [-0.3, -0.25) is 9.78 Å². The number of aromatic nitrogens is 1. The molecule has 10 heteroatoms. The molecule has 1 saturated heterocycles. The number of nitrogen functional groups attached to an aromatic ring is 1. The van der Waals surface area contributed by atoms with Crippen molar-refractivity contribution in [3.05, 3.63) is 57.2 Å². The molecule has 0 spiro atoms. The number of carbonyl (C=O) groups excluding carboxylic acids is 2. The number of nitrogens with one attached hydrogen (secondary N) is 3. The molecule has 0 aromatic carbocycles. The zero-order valence-electron chi connectivity index (χ0n) is 17.5. The lowest BCUT2D eigenvalue weighted by molar-refractivity contribution is 0.102. The molecule has 8 nitrogen and oxygen atoms in total. The van der Waals surface area contributed by atoms with E-state index in [-0.39, 0.29) is 18.0 Å². The van der Waals surface area contributed by atoms with Gasteiger partial charge >= 0.3 is 6.03 Å². The van der Waals surface area contributed by atoms with Crippen LogP contribution in [0.3, 0.4) is 0 Å². The lowest BCUT2D eigenvalue weighted by Crippen LogP contribution is -2.35. The van der Waals surface area contributed by atoms with Crippen molar-refractivity contribution >= 4 is 51.7 Å². The number of amides is 3. The zero-order chi connectivity index (χ0) is 22.3. The number of likely N-dealkylation sites (tertiary alicyclic amines) is 1. The predicted octanol–water partition coefficient (Wildman–Crippen LogP) is 4.39. The Hall–Kier alpha value is -2.95. The number of nitrogens with zero attached hydrogens (tertiary/aromatic N) is 2. The summed E-state index contributed by atoms with van der Waals surface area (Å²) in [6.07, 6.45) is 4.86. The smallest absolute Gasteiger partial charge is 0.319 e. The summed E-state index contributed by atoms with van der Waals surface area (Å²) in [7, 11) is 0. The van der Waals surface area contributed by atoms with Gasteiger partial charge in [0.25, 0.3) is 5.91 Å². The van der Waals surface area contributed by atoms with E-state index in [1.54, 1.807) is 23.0 Å². The van der Waals surface area contributed by atoms with Crippen LogP contribution in [0.4, 0.5) is 21.9 Å². The molecular weight excluding hydrogens is 444 g/mol. The molecule has 1 fully saturated rings. The lowest BCUT2D eigenvalue weighted by Gasteiger charge is -2.22. The minimum absolute atomic E-state index is 0.216. The van der Waals surface area contributed by atoms with E-state index in [2.05, 4.69) is 25.8 Å². The number of hydrogen-bond acceptors (Lipinski definition) is 7. The second kappa shape index (κ2) is 10.6. The largest absolute Gasteiger partial charge is 0.396 e. The normalized spacial score (nSPS) is 14.8. The van der Waals surface area contributed by atoms with Crippen molar-refractivity contribution in [2.45, 2.75) is 25.3 Å². The monoisotopic (exact) mass is 470 g/mol. The van der Waals surface area contributed by atoms with Crippen LogP contribution in [-0.2, 0) is 0 Å². The predicted molar refractivity (Wildman–Crippen MR) is 130 cm³/mol. The summed E-state index contributed by atoms with van der Waals surface area (Å²) in [6, 6.07) is 4.90. The van der Waals surface area contributed by atoms with E-state index in [0.717, 1.165) is 37.3 Å². The average Bonchev–Trinajstić information content (AvgIpc) is 3.56. The molecule has 3 aromatic heterocycles. The Morgan fingerprint density at radius 3 is 2.59 bits per heavy atom. The van der Waals surface area contributed by atoms with Gasteiger partial charge in [-0.2, -0.15) is 11.3 Å². The molecule has 0 aliphatic carbocycles. The maximum absolute atomic E-state index is 12.5. The van der Waals surface area contributed by atoms with Crippen LogP contribution < -0.4 is 21.7 Å². The van der Waals surface area contributed by atoms with Crippen LogP contribution in [0.15, 0.2) is 45.9 Å². The highest BCUT2D eigenvalue weighted by molar-refractivity contribution is 7.09. The molecule has 1 aliphatic rings. The summed E-state index contributed by atoms with van der Waals surface area (Å²) in [5.41, 5.74) is 8.87. The molecule has 4 rings (SSSR count). The van der Waals surface area contributed by atoms with E-state index in [9.17, 15) is 9.59 Å². The first-order valence-electron chi connectivity index (χ1n) is 10.5. The molecule has 168 valence electrons. The molecule has 1 aliphatic heterocycles. The molecule has 0 saturated carbocycles. The van der Waals surface area contributed by atoms with Gasteiger partial charge in [-0.15, -0.1) is 11.3 Å². The molecule has 4 heterocycles. The van der Waals surface area contributed by atoms with Crippen molar-refractivity contribution in [1.29, 1.82) is 0 Å². The zero-order valence-corrected chi connectivity index (χ0v) is 19.2. The SMILES string of the molecule is Nc1cscc1NC(=O)c1ccc(C(CCN2CCCC2)NC(=O)Nc2ccsc2)cn1. The number of rotatable bonds is 8. The van der Waals surface area contributed by atoms with Gasteiger partial charge in [-0.25, -0.2) is 4.79 Å². The molecule has 3 amide bonds. The third-order valence-electron chi connectivity index (χ3n) is 5.38. The van der Waals surface area contributed by atoms with E-state index < -0.39 is 0 Å². The molecule has 0 radical (unpaired) electrons. The molecule has 1 atom stereocenters. The van der Waals surface area contributed by atoms with E-state index in [1.807, 2.05) is 22.9 Å². The summed E-state index contributed by atoms with van der Waals surface area (Å²) in [4.78, 5) is 31.8. The highest BCUT2D eigenvalue weighted by Gasteiger charge is 2.20. The average molecular weight is 471 g/mol. The van der Waals surface area contributed by atoms with Crippen molar-refractivity contribution in [3.8, 4) is 0 Å². The van der Waals surface area contributed by atoms with Gasteiger partial charge in [-0.1, -0.05) is 6.07 Å². The molecule has 3 aromatic rings.